The molecule has 1 unspecified atom stereocenters. The van der Waals surface area contributed by atoms with E-state index in [1.807, 2.05) is 22.8 Å². The highest BCUT2D eigenvalue weighted by atomic mass is 32.2. The summed E-state index contributed by atoms with van der Waals surface area (Å²) in [5.74, 6) is 1.75. The number of nitrogens with zero attached hydrogens (tertiary/aromatic N) is 4. The van der Waals surface area contributed by atoms with Gasteiger partial charge in [0.25, 0.3) is 5.69 Å². The molecule has 2 aromatic carbocycles. The first kappa shape index (κ1) is 22.3. The van der Waals surface area contributed by atoms with Crippen LogP contribution in [-0.2, 0) is 17.9 Å². The summed E-state index contributed by atoms with van der Waals surface area (Å²) in [6, 6.07) is 11.6. The van der Waals surface area contributed by atoms with E-state index >= 15 is 0 Å². The molecule has 0 aliphatic carbocycles. The zero-order chi connectivity index (χ0) is 23.4. The Morgan fingerprint density at radius 1 is 1.27 bits per heavy atom. The molecule has 1 amide bonds. The Morgan fingerprint density at radius 2 is 2.03 bits per heavy atom. The number of fused-ring (bicyclic) bond motifs is 1. The third-order valence-corrected chi connectivity index (χ3v) is 6.00. The van der Waals surface area contributed by atoms with Crippen molar-refractivity contribution in [1.29, 1.82) is 0 Å². The molecule has 0 fully saturated rings. The van der Waals surface area contributed by atoms with Crippen molar-refractivity contribution in [3.63, 3.8) is 0 Å². The number of non-ortho nitro benzene ring substituents is 1. The van der Waals surface area contributed by atoms with Gasteiger partial charge in [0.15, 0.2) is 22.5 Å². The van der Waals surface area contributed by atoms with Crippen LogP contribution in [0.15, 0.2) is 60.3 Å². The number of aromatic nitrogens is 3. The Bertz CT molecular complexity index is 1190. The van der Waals surface area contributed by atoms with Crippen molar-refractivity contribution in [2.75, 3.05) is 6.79 Å². The van der Waals surface area contributed by atoms with Gasteiger partial charge in [0.2, 0.25) is 12.7 Å². The number of nitro groups is 1. The molecule has 3 aromatic rings. The van der Waals surface area contributed by atoms with Gasteiger partial charge in [-0.25, -0.2) is 0 Å². The highest BCUT2D eigenvalue weighted by Gasteiger charge is 2.21. The fraction of sp³-hybridized carbons (Fsp3) is 0.227. The summed E-state index contributed by atoms with van der Waals surface area (Å²) >= 11 is 1.27. The van der Waals surface area contributed by atoms with Gasteiger partial charge in [-0.05, 0) is 36.8 Å². The van der Waals surface area contributed by atoms with Gasteiger partial charge in [-0.15, -0.1) is 16.8 Å². The number of hydrogen-bond acceptors (Lipinski definition) is 8. The average molecular weight is 468 g/mol. The SMILES string of the molecule is C=CCn1c(SC(C)C(=O)NCc2ccc3c(c2)OCO3)nnc1-c1ccc([N+](=O)[O-])cc1. The summed E-state index contributed by atoms with van der Waals surface area (Å²) in [6.45, 7) is 6.55. The second-order valence-corrected chi connectivity index (χ2v) is 8.48. The van der Waals surface area contributed by atoms with Crippen LogP contribution in [0.4, 0.5) is 5.69 Å². The summed E-state index contributed by atoms with van der Waals surface area (Å²) in [6.07, 6.45) is 1.70. The van der Waals surface area contributed by atoms with Gasteiger partial charge < -0.3 is 14.8 Å². The summed E-state index contributed by atoms with van der Waals surface area (Å²) in [4.78, 5) is 23.1. The summed E-state index contributed by atoms with van der Waals surface area (Å²) in [5.41, 5.74) is 1.58. The fourth-order valence-corrected chi connectivity index (χ4v) is 4.09. The Labute approximate surface area is 193 Å². The van der Waals surface area contributed by atoms with E-state index < -0.39 is 10.2 Å². The smallest absolute Gasteiger partial charge is 0.269 e. The lowest BCUT2D eigenvalue weighted by Gasteiger charge is -2.13. The Hall–Kier alpha value is -3.86. The van der Waals surface area contributed by atoms with Crippen LogP contribution in [0.25, 0.3) is 11.4 Å². The molecule has 10 nitrogen and oxygen atoms in total. The van der Waals surface area contributed by atoms with Crippen molar-refractivity contribution in [3.8, 4) is 22.9 Å². The Morgan fingerprint density at radius 3 is 2.76 bits per heavy atom. The monoisotopic (exact) mass is 467 g/mol. The van der Waals surface area contributed by atoms with Gasteiger partial charge in [-0.3, -0.25) is 19.5 Å². The van der Waals surface area contributed by atoms with E-state index in [1.54, 1.807) is 25.1 Å². The first-order valence-electron chi connectivity index (χ1n) is 10.1. The van der Waals surface area contributed by atoms with Crippen LogP contribution >= 0.6 is 11.8 Å². The topological polar surface area (TPSA) is 121 Å². The van der Waals surface area contributed by atoms with Crippen molar-refractivity contribution in [1.82, 2.24) is 20.1 Å². The molecule has 170 valence electrons. The number of thioether (sulfide) groups is 1. The predicted molar refractivity (Wildman–Crippen MR) is 122 cm³/mol. The number of rotatable bonds is 9. The lowest BCUT2D eigenvalue weighted by Crippen LogP contribution is -2.30. The van der Waals surface area contributed by atoms with E-state index in [4.69, 9.17) is 9.47 Å². The summed E-state index contributed by atoms with van der Waals surface area (Å²) < 4.78 is 12.5. The lowest BCUT2D eigenvalue weighted by molar-refractivity contribution is -0.384. The Balaban J connectivity index is 1.43. The van der Waals surface area contributed by atoms with E-state index in [1.165, 1.54) is 23.9 Å². The molecule has 1 aliphatic rings. The number of nitrogens with one attached hydrogen (secondary N) is 1. The van der Waals surface area contributed by atoms with Gasteiger partial charge in [-0.1, -0.05) is 23.9 Å². The molecule has 1 aromatic heterocycles. The molecule has 2 heterocycles. The number of benzene rings is 2. The predicted octanol–water partition coefficient (Wildman–Crippen LogP) is 3.57. The number of carbonyl (C=O) groups excluding carboxylic acids is 1. The molecular weight excluding hydrogens is 446 g/mol. The van der Waals surface area contributed by atoms with Gasteiger partial charge >= 0.3 is 0 Å². The number of hydrogen-bond donors (Lipinski definition) is 1. The number of ether oxygens (including phenoxy) is 2. The standard InChI is InChI=1S/C22H21N5O5S/c1-3-10-26-20(16-5-7-17(8-6-16)27(29)30)24-25-22(26)33-14(2)21(28)23-12-15-4-9-18-19(11-15)32-13-31-18/h3-9,11,14H,1,10,12-13H2,2H3,(H,23,28). The molecule has 0 bridgehead atoms. The third-order valence-electron chi connectivity index (χ3n) is 4.92. The zero-order valence-corrected chi connectivity index (χ0v) is 18.6. The highest BCUT2D eigenvalue weighted by Crippen LogP contribution is 2.32. The molecule has 0 spiro atoms. The zero-order valence-electron chi connectivity index (χ0n) is 17.8. The van der Waals surface area contributed by atoms with E-state index in [0.29, 0.717) is 41.1 Å². The number of nitro benzene ring substituents is 1. The quantitative estimate of drug-likeness (QED) is 0.219. The first-order chi connectivity index (χ1) is 16.0. The molecule has 33 heavy (non-hydrogen) atoms. The van der Waals surface area contributed by atoms with Crippen LogP contribution in [0.2, 0.25) is 0 Å². The van der Waals surface area contributed by atoms with E-state index in [-0.39, 0.29) is 18.4 Å². The molecule has 0 saturated heterocycles. The summed E-state index contributed by atoms with van der Waals surface area (Å²) in [7, 11) is 0. The van der Waals surface area contributed by atoms with Crippen LogP contribution in [0.5, 0.6) is 11.5 Å². The van der Waals surface area contributed by atoms with Crippen molar-refractivity contribution in [2.24, 2.45) is 0 Å². The van der Waals surface area contributed by atoms with Crippen LogP contribution in [-0.4, -0.2) is 37.6 Å². The molecule has 0 saturated carbocycles. The van der Waals surface area contributed by atoms with Gasteiger partial charge in [0, 0.05) is 30.8 Å². The van der Waals surface area contributed by atoms with Crippen molar-refractivity contribution in [3.05, 3.63) is 70.8 Å². The second kappa shape index (κ2) is 9.74. The summed E-state index contributed by atoms with van der Waals surface area (Å²) in [5, 5.41) is 22.4. The van der Waals surface area contributed by atoms with Gasteiger partial charge in [-0.2, -0.15) is 0 Å². The Kier molecular flexibility index (Phi) is 6.59. The molecule has 0 radical (unpaired) electrons. The molecule has 1 aliphatic heterocycles. The molecule has 1 atom stereocenters. The molecule has 4 rings (SSSR count). The fourth-order valence-electron chi connectivity index (χ4n) is 3.21. The van der Waals surface area contributed by atoms with E-state index in [2.05, 4.69) is 22.1 Å². The van der Waals surface area contributed by atoms with Crippen LogP contribution in [0.3, 0.4) is 0 Å². The van der Waals surface area contributed by atoms with Gasteiger partial charge in [0.05, 0.1) is 10.2 Å². The largest absolute Gasteiger partial charge is 0.454 e. The average Bonchev–Trinajstić information content (AvgIpc) is 3.44. The minimum Gasteiger partial charge on any atom is -0.454 e. The van der Waals surface area contributed by atoms with Crippen LogP contribution in [0, 0.1) is 10.1 Å². The molecule has 11 heteroatoms. The highest BCUT2D eigenvalue weighted by molar-refractivity contribution is 8.00. The second-order valence-electron chi connectivity index (χ2n) is 7.17. The van der Waals surface area contributed by atoms with Crippen molar-refractivity contribution in [2.45, 2.75) is 30.4 Å². The molecule has 1 N–H and O–H groups in total. The normalized spacial score (nSPS) is 12.9. The minimum atomic E-state index is -0.455. The lowest BCUT2D eigenvalue weighted by atomic mass is 10.2. The number of amides is 1. The van der Waals surface area contributed by atoms with Crippen molar-refractivity contribution < 1.29 is 19.2 Å². The number of carbonyl (C=O) groups is 1. The van der Waals surface area contributed by atoms with Crippen LogP contribution in [0.1, 0.15) is 12.5 Å². The van der Waals surface area contributed by atoms with E-state index in [0.717, 1.165) is 5.56 Å². The first-order valence-corrected chi connectivity index (χ1v) is 11.0. The minimum absolute atomic E-state index is 0.00381. The maximum absolute atomic E-state index is 12.7. The van der Waals surface area contributed by atoms with Gasteiger partial charge in [0.1, 0.15) is 0 Å². The van der Waals surface area contributed by atoms with E-state index in [9.17, 15) is 14.9 Å². The molecular formula is C22H21N5O5S. The maximum atomic E-state index is 12.7. The van der Waals surface area contributed by atoms with Crippen LogP contribution < -0.4 is 14.8 Å². The number of allylic oxidation sites excluding steroid dienone is 1. The third kappa shape index (κ3) is 4.98. The van der Waals surface area contributed by atoms with Crippen molar-refractivity contribution >= 4 is 23.4 Å². The maximum Gasteiger partial charge on any atom is 0.269 e.